The van der Waals surface area contributed by atoms with E-state index in [4.69, 9.17) is 14.5 Å². The highest BCUT2D eigenvalue weighted by molar-refractivity contribution is 14.0. The van der Waals surface area contributed by atoms with Crippen LogP contribution in [0.25, 0.3) is 5.82 Å². The van der Waals surface area contributed by atoms with Crippen molar-refractivity contribution in [3.63, 3.8) is 0 Å². The average molecular weight is 542 g/mol. The summed E-state index contributed by atoms with van der Waals surface area (Å²) in [5.74, 6) is 2.32. The molecular formula is C22H35IN6O2. The minimum Gasteiger partial charge on any atom is -0.382 e. The van der Waals surface area contributed by atoms with Gasteiger partial charge in [0.1, 0.15) is 0 Å². The predicted octanol–water partition coefficient (Wildman–Crippen LogP) is 2.95. The van der Waals surface area contributed by atoms with Crippen LogP contribution >= 0.6 is 24.0 Å². The van der Waals surface area contributed by atoms with Crippen molar-refractivity contribution in [1.29, 1.82) is 0 Å². The van der Waals surface area contributed by atoms with Crippen molar-refractivity contribution < 1.29 is 9.47 Å². The number of halogens is 1. The standard InChI is InChI=1S/C22H34N6O2.HI/c1-5-23-22(27-9-8-20(15-27)16-30-11-10-29-4)25-14-19-6-7-21(24-13-19)28-18(3)12-17(2)26-28;/h6-7,12-13,20H,5,8-11,14-16H2,1-4H3,(H,23,25);1H. The summed E-state index contributed by atoms with van der Waals surface area (Å²) in [5, 5.41) is 7.91. The van der Waals surface area contributed by atoms with E-state index in [2.05, 4.69) is 39.4 Å². The van der Waals surface area contributed by atoms with Crippen LogP contribution in [-0.4, -0.2) is 72.2 Å². The Bertz CT molecular complexity index is 824. The number of guanidine groups is 1. The molecule has 1 unspecified atom stereocenters. The van der Waals surface area contributed by atoms with Crippen LogP contribution in [0, 0.1) is 19.8 Å². The van der Waals surface area contributed by atoms with Gasteiger partial charge in [0.2, 0.25) is 0 Å². The van der Waals surface area contributed by atoms with E-state index in [-0.39, 0.29) is 24.0 Å². The molecule has 0 bridgehead atoms. The first kappa shape index (κ1) is 25.5. The topological polar surface area (TPSA) is 76.8 Å². The van der Waals surface area contributed by atoms with Crippen LogP contribution in [0.3, 0.4) is 0 Å². The lowest BCUT2D eigenvalue weighted by Gasteiger charge is -2.21. The Labute approximate surface area is 202 Å². The third kappa shape index (κ3) is 7.43. The van der Waals surface area contributed by atoms with Crippen LogP contribution in [-0.2, 0) is 16.0 Å². The zero-order valence-corrected chi connectivity index (χ0v) is 21.3. The van der Waals surface area contributed by atoms with Crippen molar-refractivity contribution >= 4 is 29.9 Å². The molecule has 1 aliphatic heterocycles. The van der Waals surface area contributed by atoms with Gasteiger partial charge in [0.15, 0.2) is 11.8 Å². The molecule has 0 spiro atoms. The molecule has 0 radical (unpaired) electrons. The van der Waals surface area contributed by atoms with E-state index >= 15 is 0 Å². The van der Waals surface area contributed by atoms with Gasteiger partial charge in [-0.2, -0.15) is 5.10 Å². The fourth-order valence-electron chi connectivity index (χ4n) is 3.64. The number of aliphatic imine (C=N–C) groups is 1. The van der Waals surface area contributed by atoms with E-state index in [0.717, 1.165) is 61.4 Å². The van der Waals surface area contributed by atoms with Gasteiger partial charge >= 0.3 is 0 Å². The molecule has 0 amide bonds. The number of nitrogens with one attached hydrogen (secondary N) is 1. The zero-order valence-electron chi connectivity index (χ0n) is 19.0. The highest BCUT2D eigenvalue weighted by Crippen LogP contribution is 2.17. The molecule has 172 valence electrons. The first-order valence-electron chi connectivity index (χ1n) is 10.7. The van der Waals surface area contributed by atoms with E-state index in [1.807, 2.05) is 30.8 Å². The molecule has 1 aliphatic rings. The van der Waals surface area contributed by atoms with E-state index in [1.165, 1.54) is 0 Å². The Morgan fingerprint density at radius 1 is 1.29 bits per heavy atom. The van der Waals surface area contributed by atoms with Gasteiger partial charge in [-0.1, -0.05) is 6.07 Å². The summed E-state index contributed by atoms with van der Waals surface area (Å²) in [5.41, 5.74) is 3.15. The van der Waals surface area contributed by atoms with Crippen molar-refractivity contribution in [3.05, 3.63) is 41.3 Å². The number of hydrogen-bond acceptors (Lipinski definition) is 5. The van der Waals surface area contributed by atoms with Crippen LogP contribution in [0.4, 0.5) is 0 Å². The second kappa shape index (κ2) is 13.0. The maximum Gasteiger partial charge on any atom is 0.194 e. The van der Waals surface area contributed by atoms with Gasteiger partial charge in [-0.05, 0) is 44.9 Å². The lowest BCUT2D eigenvalue weighted by molar-refractivity contribution is 0.0536. The summed E-state index contributed by atoms with van der Waals surface area (Å²) in [7, 11) is 1.70. The Kier molecular flexibility index (Phi) is 10.7. The molecule has 3 rings (SSSR count). The molecule has 1 N–H and O–H groups in total. The SMILES string of the molecule is CCNC(=NCc1ccc(-n2nc(C)cc2C)nc1)N1CCC(COCCOC)C1.I. The summed E-state index contributed by atoms with van der Waals surface area (Å²) in [4.78, 5) is 11.7. The molecule has 1 fully saturated rings. The molecule has 3 heterocycles. The van der Waals surface area contributed by atoms with Gasteiger partial charge < -0.3 is 19.7 Å². The molecule has 1 atom stereocenters. The third-order valence-corrected chi connectivity index (χ3v) is 5.15. The van der Waals surface area contributed by atoms with Crippen molar-refractivity contribution in [1.82, 2.24) is 25.0 Å². The number of ether oxygens (including phenoxy) is 2. The number of likely N-dealkylation sites (tertiary alicyclic amines) is 1. The fraction of sp³-hybridized carbons (Fsp3) is 0.591. The first-order chi connectivity index (χ1) is 14.6. The summed E-state index contributed by atoms with van der Waals surface area (Å²) in [6.45, 7) is 11.6. The van der Waals surface area contributed by atoms with Gasteiger partial charge in [0.05, 0.1) is 32.1 Å². The van der Waals surface area contributed by atoms with Crippen molar-refractivity contribution in [2.45, 2.75) is 33.7 Å². The van der Waals surface area contributed by atoms with E-state index in [1.54, 1.807) is 7.11 Å². The minimum absolute atomic E-state index is 0. The van der Waals surface area contributed by atoms with Gasteiger partial charge in [-0.25, -0.2) is 14.7 Å². The van der Waals surface area contributed by atoms with Crippen molar-refractivity contribution in [3.8, 4) is 5.82 Å². The Morgan fingerprint density at radius 2 is 2.13 bits per heavy atom. The maximum atomic E-state index is 5.71. The smallest absolute Gasteiger partial charge is 0.194 e. The molecule has 0 aliphatic carbocycles. The van der Waals surface area contributed by atoms with Crippen LogP contribution in [0.15, 0.2) is 29.4 Å². The average Bonchev–Trinajstić information content (AvgIpc) is 3.35. The van der Waals surface area contributed by atoms with E-state index in [0.29, 0.717) is 25.7 Å². The number of hydrogen-bond donors (Lipinski definition) is 1. The first-order valence-corrected chi connectivity index (χ1v) is 10.7. The lowest BCUT2D eigenvalue weighted by atomic mass is 10.1. The zero-order chi connectivity index (χ0) is 21.3. The molecule has 0 saturated carbocycles. The molecule has 2 aromatic rings. The second-order valence-corrected chi connectivity index (χ2v) is 7.70. The van der Waals surface area contributed by atoms with Gasteiger partial charge in [-0.15, -0.1) is 24.0 Å². The number of methoxy groups -OCH3 is 1. The van der Waals surface area contributed by atoms with E-state index in [9.17, 15) is 0 Å². The number of nitrogens with zero attached hydrogens (tertiary/aromatic N) is 5. The number of aryl methyl sites for hydroxylation is 2. The van der Waals surface area contributed by atoms with Gasteiger partial charge in [0.25, 0.3) is 0 Å². The van der Waals surface area contributed by atoms with Crippen LogP contribution in [0.2, 0.25) is 0 Å². The summed E-state index contributed by atoms with van der Waals surface area (Å²) in [6.07, 6.45) is 3.01. The highest BCUT2D eigenvalue weighted by atomic mass is 127. The van der Waals surface area contributed by atoms with Gasteiger partial charge in [-0.3, -0.25) is 0 Å². The minimum atomic E-state index is 0. The lowest BCUT2D eigenvalue weighted by Crippen LogP contribution is -2.40. The van der Waals surface area contributed by atoms with Crippen molar-refractivity contribution in [2.24, 2.45) is 10.9 Å². The van der Waals surface area contributed by atoms with Crippen LogP contribution < -0.4 is 5.32 Å². The molecule has 2 aromatic heterocycles. The quantitative estimate of drug-likeness (QED) is 0.227. The second-order valence-electron chi connectivity index (χ2n) is 7.70. The molecule has 8 nitrogen and oxygen atoms in total. The number of aromatic nitrogens is 3. The largest absolute Gasteiger partial charge is 0.382 e. The molecule has 1 saturated heterocycles. The molecular weight excluding hydrogens is 507 g/mol. The van der Waals surface area contributed by atoms with Crippen LogP contribution in [0.5, 0.6) is 0 Å². The van der Waals surface area contributed by atoms with Crippen LogP contribution in [0.1, 0.15) is 30.3 Å². The van der Waals surface area contributed by atoms with Crippen molar-refractivity contribution in [2.75, 3.05) is 46.6 Å². The normalized spacial score (nSPS) is 16.5. The van der Waals surface area contributed by atoms with Gasteiger partial charge in [0, 0.05) is 44.6 Å². The monoisotopic (exact) mass is 542 g/mol. The molecule has 31 heavy (non-hydrogen) atoms. The number of rotatable bonds is 9. The highest BCUT2D eigenvalue weighted by Gasteiger charge is 2.24. The summed E-state index contributed by atoms with van der Waals surface area (Å²) in [6, 6.07) is 6.12. The summed E-state index contributed by atoms with van der Waals surface area (Å²) >= 11 is 0. The maximum absolute atomic E-state index is 5.71. The van der Waals surface area contributed by atoms with E-state index < -0.39 is 0 Å². The summed E-state index contributed by atoms with van der Waals surface area (Å²) < 4.78 is 12.6. The molecule has 0 aromatic carbocycles. The third-order valence-electron chi connectivity index (χ3n) is 5.15. The Morgan fingerprint density at radius 3 is 2.77 bits per heavy atom. The predicted molar refractivity (Wildman–Crippen MR) is 133 cm³/mol. The number of pyridine rings is 1. The molecule has 9 heteroatoms. The Balaban J connectivity index is 0.00000341. The fourth-order valence-corrected chi connectivity index (χ4v) is 3.64. The Hall–Kier alpha value is -1.72.